The molecule has 1 saturated heterocycles. The van der Waals surface area contributed by atoms with Crippen LogP contribution in [0.25, 0.3) is 0 Å². The normalized spacial score (nSPS) is 31.7. The van der Waals surface area contributed by atoms with Gasteiger partial charge in [-0.1, -0.05) is 49.4 Å². The van der Waals surface area contributed by atoms with Gasteiger partial charge in [-0.3, -0.25) is 4.79 Å². The van der Waals surface area contributed by atoms with Gasteiger partial charge in [0.05, 0.1) is 11.7 Å². The number of anilines is 1. The number of amides is 2. The zero-order valence-corrected chi connectivity index (χ0v) is 23.7. The van der Waals surface area contributed by atoms with Crippen LogP contribution in [0.15, 0.2) is 53.7 Å². The van der Waals surface area contributed by atoms with Crippen LogP contribution in [0.5, 0.6) is 0 Å². The molecule has 2 amide bonds. The maximum Gasteiger partial charge on any atom is 0.421 e. The summed E-state index contributed by atoms with van der Waals surface area (Å²) >= 11 is 6.55. The number of allylic oxidation sites excluding steroid dienone is 5. The molecule has 2 heterocycles. The Kier molecular flexibility index (Phi) is 5.92. The topological polar surface area (TPSA) is 58.6 Å². The quantitative estimate of drug-likeness (QED) is 0.435. The fourth-order valence-corrected chi connectivity index (χ4v) is 7.64. The predicted molar refractivity (Wildman–Crippen MR) is 151 cm³/mol. The summed E-state index contributed by atoms with van der Waals surface area (Å²) in [6.07, 6.45) is 12.4. The van der Waals surface area contributed by atoms with E-state index < -0.39 is 17.1 Å². The predicted octanol–water partition coefficient (Wildman–Crippen LogP) is 7.46. The summed E-state index contributed by atoms with van der Waals surface area (Å²) in [7, 11) is 0. The molecule has 2 aliphatic heterocycles. The Bertz CT molecular complexity index is 1270. The van der Waals surface area contributed by atoms with Gasteiger partial charge in [-0.05, 0) is 112 Å². The number of hydrogen-bond donors (Lipinski definition) is 1. The van der Waals surface area contributed by atoms with Gasteiger partial charge in [-0.2, -0.15) is 0 Å². The van der Waals surface area contributed by atoms with Crippen molar-refractivity contribution in [2.75, 3.05) is 4.90 Å². The number of hydrogen-bond acceptors (Lipinski definition) is 4. The fourth-order valence-electron chi connectivity index (χ4n) is 7.39. The molecule has 5 aliphatic rings. The summed E-state index contributed by atoms with van der Waals surface area (Å²) in [5.41, 5.74) is 2.15. The Hall–Kier alpha value is -2.53. The fraction of sp³-hybridized carbons (Fsp3) is 0.562. The molecule has 1 spiro atoms. The minimum atomic E-state index is -0.925. The van der Waals surface area contributed by atoms with Crippen molar-refractivity contribution >= 4 is 29.3 Å². The van der Waals surface area contributed by atoms with Crippen LogP contribution in [-0.2, 0) is 14.9 Å². The third-order valence-electron chi connectivity index (χ3n) is 9.53. The number of carbonyl (C=O) groups is 2. The number of piperidine rings is 1. The largest absolute Gasteiger partial charge is 0.443 e. The molecule has 1 unspecified atom stereocenters. The van der Waals surface area contributed by atoms with Gasteiger partial charge in [0.1, 0.15) is 11.0 Å². The molecule has 6 rings (SSSR count). The first-order chi connectivity index (χ1) is 18.0. The van der Waals surface area contributed by atoms with Gasteiger partial charge < -0.3 is 10.1 Å². The van der Waals surface area contributed by atoms with Crippen molar-refractivity contribution in [3.63, 3.8) is 0 Å². The summed E-state index contributed by atoms with van der Waals surface area (Å²) < 4.78 is 5.86. The van der Waals surface area contributed by atoms with Gasteiger partial charge in [0.25, 0.3) is 0 Å². The van der Waals surface area contributed by atoms with Gasteiger partial charge in [-0.25, -0.2) is 9.69 Å². The molecule has 1 aromatic rings. The average Bonchev–Trinajstić information content (AvgIpc) is 3.77. The highest BCUT2D eigenvalue weighted by molar-refractivity contribution is 6.31. The number of carbonyl (C=O) groups excluding carboxylic acids is 2. The number of benzene rings is 1. The molecule has 1 aromatic carbocycles. The zero-order valence-electron chi connectivity index (χ0n) is 23.0. The summed E-state index contributed by atoms with van der Waals surface area (Å²) in [4.78, 5) is 30.3. The number of ether oxygens (including phenoxy) is 1. The molecule has 202 valence electrons. The standard InChI is InChI=1S/C32H39ClN2O3/c1-6-31(14-15-31)27-32(25(16-19(2)34-27)22-8-7-9-23(33)17-22)24-13-12-21(20-10-11-20)18-26(24)35(28(32)36)29(37)38-30(3,4)5/h7,9,12-13,17-18,20,22,25,27,34H,2,6,8,10-11,14-16H2,1,3-5H3/t22?,25-,27+,32-/m0/s1. The van der Waals surface area contributed by atoms with Crippen LogP contribution in [0.1, 0.15) is 89.7 Å². The van der Waals surface area contributed by atoms with Crippen LogP contribution >= 0.6 is 11.6 Å². The lowest BCUT2D eigenvalue weighted by Crippen LogP contribution is -2.66. The van der Waals surface area contributed by atoms with E-state index in [4.69, 9.17) is 16.3 Å². The zero-order chi connectivity index (χ0) is 27.0. The van der Waals surface area contributed by atoms with Gasteiger partial charge in [0, 0.05) is 10.7 Å². The molecule has 4 atom stereocenters. The Balaban J connectivity index is 1.58. The average molecular weight is 535 g/mol. The lowest BCUT2D eigenvalue weighted by molar-refractivity contribution is -0.129. The second-order valence-corrected chi connectivity index (χ2v) is 13.5. The van der Waals surface area contributed by atoms with Crippen molar-refractivity contribution < 1.29 is 14.3 Å². The Morgan fingerprint density at radius 2 is 2.00 bits per heavy atom. The van der Waals surface area contributed by atoms with Crippen molar-refractivity contribution in [3.8, 4) is 0 Å². The summed E-state index contributed by atoms with van der Waals surface area (Å²) in [6.45, 7) is 12.1. The molecule has 0 aromatic heterocycles. The van der Waals surface area contributed by atoms with Gasteiger partial charge in [0.15, 0.2) is 0 Å². The third-order valence-corrected chi connectivity index (χ3v) is 9.78. The van der Waals surface area contributed by atoms with E-state index in [9.17, 15) is 4.79 Å². The first-order valence-corrected chi connectivity index (χ1v) is 14.6. The Morgan fingerprint density at radius 3 is 2.61 bits per heavy atom. The maximum absolute atomic E-state index is 15.1. The van der Waals surface area contributed by atoms with Crippen LogP contribution in [0.3, 0.4) is 0 Å². The van der Waals surface area contributed by atoms with Crippen LogP contribution < -0.4 is 10.2 Å². The molecule has 6 heteroatoms. The van der Waals surface area contributed by atoms with E-state index in [1.54, 1.807) is 0 Å². The number of rotatable bonds is 4. The minimum Gasteiger partial charge on any atom is -0.443 e. The summed E-state index contributed by atoms with van der Waals surface area (Å²) in [6, 6.07) is 6.28. The lowest BCUT2D eigenvalue weighted by Gasteiger charge is -2.53. The third kappa shape index (κ3) is 3.95. The van der Waals surface area contributed by atoms with E-state index in [0.29, 0.717) is 23.1 Å². The van der Waals surface area contributed by atoms with Crippen molar-refractivity contribution in [1.82, 2.24) is 5.32 Å². The minimum absolute atomic E-state index is 0.0222. The number of halogens is 1. The number of nitrogens with one attached hydrogen (secondary N) is 1. The van der Waals surface area contributed by atoms with Crippen LogP contribution in [-0.4, -0.2) is 23.6 Å². The van der Waals surface area contributed by atoms with E-state index >= 15 is 4.79 Å². The highest BCUT2D eigenvalue weighted by atomic mass is 35.5. The molecule has 3 fully saturated rings. The molecule has 0 bridgehead atoms. The highest BCUT2D eigenvalue weighted by Gasteiger charge is 2.70. The van der Waals surface area contributed by atoms with Gasteiger partial charge >= 0.3 is 6.09 Å². The molecular formula is C32H39ClN2O3. The summed E-state index contributed by atoms with van der Waals surface area (Å²) in [5, 5.41) is 4.45. The Morgan fingerprint density at radius 1 is 1.26 bits per heavy atom. The first-order valence-electron chi connectivity index (χ1n) is 14.2. The maximum atomic E-state index is 15.1. The SMILES string of the molecule is C=C1C[C@@H](C2C=C(Cl)C=CC2)[C@]2(C(=O)N(C(=O)OC(C)(C)C)c3cc(C4CC4)ccc32)[C@@H](C2(CC)CC2)N1. The molecule has 2 saturated carbocycles. The van der Waals surface area contributed by atoms with E-state index in [1.807, 2.05) is 26.8 Å². The molecular weight excluding hydrogens is 496 g/mol. The number of imide groups is 1. The lowest BCUT2D eigenvalue weighted by atomic mass is 9.54. The smallest absolute Gasteiger partial charge is 0.421 e. The monoisotopic (exact) mass is 534 g/mol. The van der Waals surface area contributed by atoms with Crippen molar-refractivity contribution in [1.29, 1.82) is 0 Å². The van der Waals surface area contributed by atoms with Crippen molar-refractivity contribution in [3.05, 3.63) is 64.9 Å². The van der Waals surface area contributed by atoms with Crippen LogP contribution in [0, 0.1) is 17.3 Å². The number of nitrogens with zero attached hydrogens (tertiary/aromatic N) is 1. The molecule has 3 aliphatic carbocycles. The first kappa shape index (κ1) is 25.7. The Labute approximate surface area is 231 Å². The van der Waals surface area contributed by atoms with E-state index in [-0.39, 0.29) is 29.2 Å². The van der Waals surface area contributed by atoms with Gasteiger partial charge in [-0.15, -0.1) is 0 Å². The van der Waals surface area contributed by atoms with E-state index in [2.05, 4.69) is 49.2 Å². The highest BCUT2D eigenvalue weighted by Crippen LogP contribution is 2.65. The van der Waals surface area contributed by atoms with Gasteiger partial charge in [0.2, 0.25) is 5.91 Å². The van der Waals surface area contributed by atoms with Crippen molar-refractivity contribution in [2.45, 2.75) is 95.6 Å². The molecule has 5 nitrogen and oxygen atoms in total. The second kappa shape index (κ2) is 8.74. The number of fused-ring (bicyclic) bond motifs is 2. The van der Waals surface area contributed by atoms with E-state index in [0.717, 1.165) is 49.8 Å². The molecule has 0 radical (unpaired) electrons. The molecule has 1 N–H and O–H groups in total. The van der Waals surface area contributed by atoms with Crippen LogP contribution in [0.2, 0.25) is 0 Å². The van der Waals surface area contributed by atoms with Crippen molar-refractivity contribution in [2.24, 2.45) is 17.3 Å². The van der Waals surface area contributed by atoms with Crippen LogP contribution in [0.4, 0.5) is 10.5 Å². The van der Waals surface area contributed by atoms with E-state index in [1.165, 1.54) is 10.5 Å². The molecule has 38 heavy (non-hydrogen) atoms. The second-order valence-electron chi connectivity index (χ2n) is 13.1. The summed E-state index contributed by atoms with van der Waals surface area (Å²) in [5.74, 6) is 0.303.